The fraction of sp³-hybridized carbons (Fsp3) is 0. The maximum absolute atomic E-state index is 15.1. The van der Waals surface area contributed by atoms with E-state index in [2.05, 4.69) is 0 Å². The second-order valence-corrected chi connectivity index (χ2v) is 9.28. The Labute approximate surface area is 213 Å². The molecule has 0 unspecified atom stereocenters. The summed E-state index contributed by atoms with van der Waals surface area (Å²) in [4.78, 5) is 0. The number of rotatable bonds is 3. The van der Waals surface area contributed by atoms with Gasteiger partial charge in [0, 0.05) is 10.9 Å². The van der Waals surface area contributed by atoms with E-state index in [0.29, 0.717) is 0 Å². The van der Waals surface area contributed by atoms with Crippen LogP contribution in [-0.4, -0.2) is 6.71 Å². The van der Waals surface area contributed by atoms with E-state index >= 15 is 17.6 Å². The predicted molar refractivity (Wildman–Crippen MR) is 124 cm³/mol. The summed E-state index contributed by atoms with van der Waals surface area (Å²) in [5, 5.41) is -3.74. The van der Waals surface area contributed by atoms with Crippen molar-refractivity contribution >= 4 is 116 Å². The highest BCUT2D eigenvalue weighted by atomic mass is 35.5. The van der Waals surface area contributed by atoms with Crippen molar-refractivity contribution in [3.8, 4) is 0 Å². The average Bonchev–Trinajstić information content (AvgIpc) is 2.69. The van der Waals surface area contributed by atoms with Crippen LogP contribution in [0.15, 0.2) is 18.2 Å². The van der Waals surface area contributed by atoms with Gasteiger partial charge in [0.2, 0.25) is 0 Å². The van der Waals surface area contributed by atoms with E-state index in [1.54, 1.807) is 0 Å². The summed E-state index contributed by atoms with van der Waals surface area (Å²) >= 11 is 47.8. The largest absolute Gasteiger partial charge is 0.260 e. The van der Waals surface area contributed by atoms with Gasteiger partial charge in [0.25, 0.3) is 6.71 Å². The van der Waals surface area contributed by atoms with E-state index < -0.39 is 66.5 Å². The highest BCUT2D eigenvalue weighted by Crippen LogP contribution is 2.33. The molecule has 0 fully saturated rings. The van der Waals surface area contributed by atoms with Crippen LogP contribution >= 0.6 is 92.8 Å². The average molecular weight is 590 g/mol. The molecule has 0 heterocycles. The molecule has 0 aliphatic carbocycles. The summed E-state index contributed by atoms with van der Waals surface area (Å²) in [7, 11) is 0. The first-order chi connectivity index (χ1) is 14.4. The molecule has 0 bridgehead atoms. The molecule has 3 aromatic carbocycles. The van der Waals surface area contributed by atoms with E-state index in [-0.39, 0.29) is 20.1 Å². The van der Waals surface area contributed by atoms with E-state index in [9.17, 15) is 0 Å². The van der Waals surface area contributed by atoms with E-state index in [1.165, 1.54) is 0 Å². The molecule has 0 atom stereocenters. The van der Waals surface area contributed by atoms with Crippen molar-refractivity contribution in [3.63, 3.8) is 0 Å². The zero-order chi connectivity index (χ0) is 23.4. The fourth-order valence-corrected chi connectivity index (χ4v) is 4.97. The quantitative estimate of drug-likeness (QED) is 0.165. The van der Waals surface area contributed by atoms with Gasteiger partial charge in [-0.15, -0.1) is 0 Å². The standard InChI is InChI=1S/C18H3BCl8F4/c20-4-1-5(21)14(27)10(13(4)26)19(11-15(28)6(22)2-7(23)16(11)29)12-17(30)8(24)3-9(25)18(12)31/h1-3H. The first kappa shape index (κ1) is 25.4. The molecule has 0 radical (unpaired) electrons. The molecule has 162 valence electrons. The lowest BCUT2D eigenvalue weighted by atomic mass is 9.36. The number of benzene rings is 3. The number of hydrogen-bond donors (Lipinski definition) is 0. The van der Waals surface area contributed by atoms with E-state index in [0.717, 1.165) is 18.2 Å². The molecule has 0 aromatic heterocycles. The third-order valence-corrected chi connectivity index (χ3v) is 7.01. The van der Waals surface area contributed by atoms with Gasteiger partial charge in [0.15, 0.2) is 0 Å². The minimum absolute atomic E-state index is 0.209. The lowest BCUT2D eigenvalue weighted by molar-refractivity contribution is 0.593. The Kier molecular flexibility index (Phi) is 7.83. The maximum Gasteiger partial charge on any atom is 0.260 e. The van der Waals surface area contributed by atoms with Crippen LogP contribution in [0, 0.1) is 23.3 Å². The molecule has 0 aliphatic heterocycles. The Bertz CT molecular complexity index is 1000. The maximum atomic E-state index is 15.1. The summed E-state index contributed by atoms with van der Waals surface area (Å²) in [6.07, 6.45) is 0. The van der Waals surface area contributed by atoms with E-state index in [4.69, 9.17) is 92.8 Å². The summed E-state index contributed by atoms with van der Waals surface area (Å²) in [5.41, 5.74) is -2.38. The van der Waals surface area contributed by atoms with Crippen molar-refractivity contribution in [2.75, 3.05) is 0 Å². The highest BCUT2D eigenvalue weighted by Gasteiger charge is 2.40. The van der Waals surface area contributed by atoms with Crippen LogP contribution in [0.4, 0.5) is 17.6 Å². The molecule has 0 spiro atoms. The molecular weight excluding hydrogens is 587 g/mol. The Morgan fingerprint density at radius 3 is 0.968 bits per heavy atom. The molecule has 0 saturated heterocycles. The summed E-state index contributed by atoms with van der Waals surface area (Å²) in [6, 6.07) is 2.70. The van der Waals surface area contributed by atoms with Crippen molar-refractivity contribution in [2.45, 2.75) is 0 Å². The van der Waals surface area contributed by atoms with Crippen LogP contribution < -0.4 is 16.4 Å². The second-order valence-electron chi connectivity index (χ2n) is 6.08. The predicted octanol–water partition coefficient (Wildman–Crippen LogP) is 7.99. The minimum Gasteiger partial charge on any atom is -0.206 e. The van der Waals surface area contributed by atoms with Crippen LogP contribution in [0.3, 0.4) is 0 Å². The Morgan fingerprint density at radius 1 is 0.419 bits per heavy atom. The fourth-order valence-electron chi connectivity index (χ4n) is 2.97. The Morgan fingerprint density at radius 2 is 0.677 bits per heavy atom. The minimum atomic E-state index is -2.02. The van der Waals surface area contributed by atoms with Crippen LogP contribution in [0.1, 0.15) is 0 Å². The monoisotopic (exact) mass is 586 g/mol. The third-order valence-electron chi connectivity index (χ3n) is 4.30. The van der Waals surface area contributed by atoms with Gasteiger partial charge in [-0.1, -0.05) is 92.8 Å². The molecule has 0 saturated carbocycles. The van der Waals surface area contributed by atoms with Crippen molar-refractivity contribution in [3.05, 3.63) is 81.6 Å². The molecule has 13 heteroatoms. The van der Waals surface area contributed by atoms with Crippen molar-refractivity contribution in [1.29, 1.82) is 0 Å². The molecule has 0 N–H and O–H groups in total. The molecule has 0 nitrogen and oxygen atoms in total. The molecular formula is C18H3BCl8F4. The molecule has 3 rings (SSSR count). The smallest absolute Gasteiger partial charge is 0.206 e. The summed E-state index contributed by atoms with van der Waals surface area (Å²) in [5.74, 6) is -5.53. The SMILES string of the molecule is Fc1c(Cl)cc(Cl)c(F)c1B(c1c(F)c(Cl)cc(Cl)c1F)c1c(Cl)c(Cl)cc(Cl)c1Cl. The first-order valence-electron chi connectivity index (χ1n) is 7.87. The van der Waals surface area contributed by atoms with Gasteiger partial charge in [-0.3, -0.25) is 0 Å². The van der Waals surface area contributed by atoms with E-state index in [1.807, 2.05) is 0 Å². The molecule has 3 aromatic rings. The van der Waals surface area contributed by atoms with Crippen LogP contribution in [0.5, 0.6) is 0 Å². The Balaban J connectivity index is 2.61. The topological polar surface area (TPSA) is 0 Å². The van der Waals surface area contributed by atoms with Crippen molar-refractivity contribution in [1.82, 2.24) is 0 Å². The molecule has 0 amide bonds. The number of hydrogen-bond acceptors (Lipinski definition) is 0. The second kappa shape index (κ2) is 9.56. The van der Waals surface area contributed by atoms with Gasteiger partial charge in [0.1, 0.15) is 23.3 Å². The molecule has 31 heavy (non-hydrogen) atoms. The normalized spacial score (nSPS) is 11.2. The van der Waals surface area contributed by atoms with Gasteiger partial charge >= 0.3 is 0 Å². The van der Waals surface area contributed by atoms with Gasteiger partial charge in [-0.05, 0) is 23.7 Å². The first-order valence-corrected chi connectivity index (χ1v) is 10.9. The summed E-state index contributed by atoms with van der Waals surface area (Å²) in [6.45, 7) is -2.02. The third kappa shape index (κ3) is 4.46. The lowest BCUT2D eigenvalue weighted by Gasteiger charge is -2.23. The van der Waals surface area contributed by atoms with Crippen LogP contribution in [0.2, 0.25) is 40.2 Å². The van der Waals surface area contributed by atoms with Crippen LogP contribution in [-0.2, 0) is 0 Å². The van der Waals surface area contributed by atoms with Crippen molar-refractivity contribution < 1.29 is 17.6 Å². The summed E-state index contributed by atoms with van der Waals surface area (Å²) < 4.78 is 60.4. The van der Waals surface area contributed by atoms with Gasteiger partial charge in [0.05, 0.1) is 40.2 Å². The highest BCUT2D eigenvalue weighted by molar-refractivity contribution is 6.98. The zero-order valence-electron chi connectivity index (χ0n) is 14.3. The van der Waals surface area contributed by atoms with Crippen LogP contribution in [0.25, 0.3) is 0 Å². The van der Waals surface area contributed by atoms with Gasteiger partial charge in [-0.25, -0.2) is 17.6 Å². The number of halogens is 12. The van der Waals surface area contributed by atoms with Gasteiger partial charge < -0.3 is 0 Å². The molecule has 0 aliphatic rings. The lowest BCUT2D eigenvalue weighted by Crippen LogP contribution is -2.58. The van der Waals surface area contributed by atoms with Crippen molar-refractivity contribution in [2.24, 2.45) is 0 Å². The van der Waals surface area contributed by atoms with Gasteiger partial charge in [-0.2, -0.15) is 0 Å². The zero-order valence-corrected chi connectivity index (χ0v) is 20.4. The Hall–Kier alpha value is -0.235.